The first kappa shape index (κ1) is 20.9. The molecule has 160 valence electrons. The number of aromatic nitrogens is 2. The highest BCUT2D eigenvalue weighted by molar-refractivity contribution is 5.75. The highest BCUT2D eigenvalue weighted by atomic mass is 16.5. The van der Waals surface area contributed by atoms with Crippen molar-refractivity contribution in [2.24, 2.45) is 7.05 Å². The van der Waals surface area contributed by atoms with Gasteiger partial charge in [-0.25, -0.2) is 4.98 Å². The van der Waals surface area contributed by atoms with Crippen LogP contribution in [0.15, 0.2) is 48.5 Å². The summed E-state index contributed by atoms with van der Waals surface area (Å²) < 4.78 is 8.39. The summed E-state index contributed by atoms with van der Waals surface area (Å²) in [6.45, 7) is 4.95. The zero-order valence-corrected chi connectivity index (χ0v) is 18.6. The molecule has 0 amide bonds. The van der Waals surface area contributed by atoms with Gasteiger partial charge >= 0.3 is 0 Å². The summed E-state index contributed by atoms with van der Waals surface area (Å²) in [7, 11) is 6.34. The standard InChI is InChI=1S/C25H34N4O/c1-27(2)15-8-18-30-24-12-7-4-9-21(24)20-13-16-29(17-14-20)19-25-26-22-10-5-6-11-23(22)28(25)3/h4-7,9-12,20H,8,13-19H2,1-3H3. The Bertz CT molecular complexity index is 957. The highest BCUT2D eigenvalue weighted by Gasteiger charge is 2.24. The number of likely N-dealkylation sites (tertiary alicyclic amines) is 1. The largest absolute Gasteiger partial charge is 0.493 e. The molecule has 0 N–H and O–H groups in total. The zero-order chi connectivity index (χ0) is 20.9. The van der Waals surface area contributed by atoms with Crippen molar-refractivity contribution in [1.29, 1.82) is 0 Å². The molecule has 0 spiro atoms. The monoisotopic (exact) mass is 406 g/mol. The molecule has 0 saturated carbocycles. The molecule has 0 aliphatic carbocycles. The van der Waals surface area contributed by atoms with Crippen LogP contribution >= 0.6 is 0 Å². The van der Waals surface area contributed by atoms with Gasteiger partial charge in [0, 0.05) is 13.6 Å². The number of hydrogen-bond acceptors (Lipinski definition) is 4. The number of hydrogen-bond donors (Lipinski definition) is 0. The Labute approximate surface area is 180 Å². The Kier molecular flexibility index (Phi) is 6.70. The quantitative estimate of drug-likeness (QED) is 0.523. The van der Waals surface area contributed by atoms with Crippen LogP contribution in [0.2, 0.25) is 0 Å². The molecule has 0 unspecified atom stereocenters. The number of ether oxygens (including phenoxy) is 1. The summed E-state index contributed by atoms with van der Waals surface area (Å²) >= 11 is 0. The van der Waals surface area contributed by atoms with Crippen LogP contribution < -0.4 is 4.74 Å². The third-order valence-electron chi connectivity index (χ3n) is 6.20. The molecule has 1 aromatic heterocycles. The molecule has 5 heteroatoms. The number of rotatable bonds is 8. The first-order valence-corrected chi connectivity index (χ1v) is 11.1. The van der Waals surface area contributed by atoms with E-state index in [1.54, 1.807) is 0 Å². The number of piperidine rings is 1. The Morgan fingerprint density at radius 3 is 2.53 bits per heavy atom. The number of fused-ring (bicyclic) bond motifs is 1. The molecule has 5 nitrogen and oxygen atoms in total. The lowest BCUT2D eigenvalue weighted by molar-refractivity contribution is 0.196. The summed E-state index contributed by atoms with van der Waals surface area (Å²) in [5.74, 6) is 2.80. The lowest BCUT2D eigenvalue weighted by Gasteiger charge is -2.32. The molecule has 4 rings (SSSR count). The minimum atomic E-state index is 0.576. The third kappa shape index (κ3) is 4.85. The minimum Gasteiger partial charge on any atom is -0.493 e. The topological polar surface area (TPSA) is 33.5 Å². The SMILES string of the molecule is CN(C)CCCOc1ccccc1C1CCN(Cc2nc3ccccc3n2C)CC1. The number of aryl methyl sites for hydroxylation is 1. The van der Waals surface area contributed by atoms with Gasteiger partial charge in [-0.15, -0.1) is 0 Å². The lowest BCUT2D eigenvalue weighted by Crippen LogP contribution is -2.33. The van der Waals surface area contributed by atoms with Crippen molar-refractivity contribution in [3.05, 3.63) is 59.9 Å². The minimum absolute atomic E-state index is 0.576. The molecular weight excluding hydrogens is 372 g/mol. The van der Waals surface area contributed by atoms with Crippen molar-refractivity contribution < 1.29 is 4.74 Å². The summed E-state index contributed by atoms with van der Waals surface area (Å²) in [5.41, 5.74) is 3.68. The average molecular weight is 407 g/mol. The maximum atomic E-state index is 6.16. The Hall–Kier alpha value is -2.37. The number of benzene rings is 2. The van der Waals surface area contributed by atoms with Crippen molar-refractivity contribution in [2.75, 3.05) is 40.3 Å². The molecule has 30 heavy (non-hydrogen) atoms. The molecule has 1 aliphatic heterocycles. The zero-order valence-electron chi connectivity index (χ0n) is 18.6. The van der Waals surface area contributed by atoms with Gasteiger partial charge < -0.3 is 14.2 Å². The molecule has 3 aromatic rings. The van der Waals surface area contributed by atoms with Crippen LogP contribution in [-0.2, 0) is 13.6 Å². The van der Waals surface area contributed by atoms with E-state index in [0.717, 1.165) is 56.3 Å². The van der Waals surface area contributed by atoms with Gasteiger partial charge in [0.25, 0.3) is 0 Å². The molecule has 0 bridgehead atoms. The van der Waals surface area contributed by atoms with E-state index in [-0.39, 0.29) is 0 Å². The van der Waals surface area contributed by atoms with Crippen molar-refractivity contribution >= 4 is 11.0 Å². The Balaban J connectivity index is 1.35. The lowest BCUT2D eigenvalue weighted by atomic mass is 9.89. The second-order valence-corrected chi connectivity index (χ2v) is 8.67. The van der Waals surface area contributed by atoms with Gasteiger partial charge in [-0.2, -0.15) is 0 Å². The van der Waals surface area contributed by atoms with Gasteiger partial charge in [0.05, 0.1) is 24.2 Å². The van der Waals surface area contributed by atoms with E-state index in [2.05, 4.69) is 84.0 Å². The summed E-state index contributed by atoms with van der Waals surface area (Å²) in [5, 5.41) is 0. The van der Waals surface area contributed by atoms with Gasteiger partial charge in [0.1, 0.15) is 11.6 Å². The summed E-state index contributed by atoms with van der Waals surface area (Å²) in [6.07, 6.45) is 3.39. The van der Waals surface area contributed by atoms with Crippen LogP contribution in [0.3, 0.4) is 0 Å². The van der Waals surface area contributed by atoms with Gasteiger partial charge in [-0.3, -0.25) is 4.90 Å². The predicted octanol–water partition coefficient (Wildman–Crippen LogP) is 4.28. The highest BCUT2D eigenvalue weighted by Crippen LogP contribution is 2.34. The van der Waals surface area contributed by atoms with Crippen molar-refractivity contribution in [2.45, 2.75) is 31.7 Å². The van der Waals surface area contributed by atoms with E-state index in [1.807, 2.05) is 0 Å². The van der Waals surface area contributed by atoms with Crippen LogP contribution in [-0.4, -0.2) is 59.7 Å². The van der Waals surface area contributed by atoms with Crippen LogP contribution in [0.25, 0.3) is 11.0 Å². The fourth-order valence-corrected chi connectivity index (χ4v) is 4.45. The fourth-order valence-electron chi connectivity index (χ4n) is 4.45. The second-order valence-electron chi connectivity index (χ2n) is 8.67. The molecule has 2 aromatic carbocycles. The Morgan fingerprint density at radius 1 is 1.03 bits per heavy atom. The van der Waals surface area contributed by atoms with Gasteiger partial charge in [0.2, 0.25) is 0 Å². The van der Waals surface area contributed by atoms with E-state index < -0.39 is 0 Å². The van der Waals surface area contributed by atoms with Crippen molar-refractivity contribution in [3.63, 3.8) is 0 Å². The third-order valence-corrected chi connectivity index (χ3v) is 6.20. The average Bonchev–Trinajstić information content (AvgIpc) is 3.07. The molecule has 0 atom stereocenters. The molecule has 1 saturated heterocycles. The summed E-state index contributed by atoms with van der Waals surface area (Å²) in [4.78, 5) is 9.59. The normalized spacial score (nSPS) is 15.9. The fraction of sp³-hybridized carbons (Fsp3) is 0.480. The maximum absolute atomic E-state index is 6.16. The van der Waals surface area contributed by atoms with E-state index >= 15 is 0 Å². The number of para-hydroxylation sites is 3. The van der Waals surface area contributed by atoms with Gasteiger partial charge in [-0.05, 0) is 76.1 Å². The number of imidazole rings is 1. The van der Waals surface area contributed by atoms with Crippen LogP contribution in [0.4, 0.5) is 0 Å². The van der Waals surface area contributed by atoms with Crippen molar-refractivity contribution in [1.82, 2.24) is 19.4 Å². The summed E-state index contributed by atoms with van der Waals surface area (Å²) in [6, 6.07) is 17.0. The van der Waals surface area contributed by atoms with Crippen LogP contribution in [0, 0.1) is 0 Å². The molecular formula is C25H34N4O. The van der Waals surface area contributed by atoms with Crippen LogP contribution in [0.5, 0.6) is 5.75 Å². The van der Waals surface area contributed by atoms with E-state index in [1.165, 1.54) is 23.9 Å². The van der Waals surface area contributed by atoms with Crippen molar-refractivity contribution in [3.8, 4) is 5.75 Å². The molecule has 1 fully saturated rings. The Morgan fingerprint density at radius 2 is 1.77 bits per heavy atom. The van der Waals surface area contributed by atoms with Gasteiger partial charge in [0.15, 0.2) is 0 Å². The molecule has 2 heterocycles. The molecule has 0 radical (unpaired) electrons. The predicted molar refractivity (Wildman–Crippen MR) is 123 cm³/mol. The van der Waals surface area contributed by atoms with E-state index in [9.17, 15) is 0 Å². The van der Waals surface area contributed by atoms with Gasteiger partial charge in [-0.1, -0.05) is 30.3 Å². The van der Waals surface area contributed by atoms with E-state index in [0.29, 0.717) is 5.92 Å². The van der Waals surface area contributed by atoms with E-state index in [4.69, 9.17) is 9.72 Å². The second kappa shape index (κ2) is 9.63. The smallest absolute Gasteiger partial charge is 0.123 e. The maximum Gasteiger partial charge on any atom is 0.123 e. The first-order chi connectivity index (χ1) is 14.6. The van der Waals surface area contributed by atoms with Crippen LogP contribution in [0.1, 0.15) is 36.6 Å². The number of nitrogens with zero attached hydrogens (tertiary/aromatic N) is 4. The first-order valence-electron chi connectivity index (χ1n) is 11.1. The molecule has 1 aliphatic rings.